The maximum absolute atomic E-state index is 10.5. The molecule has 0 saturated carbocycles. The van der Waals surface area contributed by atoms with Crippen molar-refractivity contribution in [3.63, 3.8) is 0 Å². The van der Waals surface area contributed by atoms with Crippen molar-refractivity contribution in [3.05, 3.63) is 11.2 Å². The highest BCUT2D eigenvalue weighted by atomic mass is 35.5. The Bertz CT molecular complexity index is 387. The van der Waals surface area contributed by atoms with Gasteiger partial charge in [0, 0.05) is 13.0 Å². The number of ether oxygens (including phenoxy) is 1. The molecule has 0 unspecified atom stereocenters. The van der Waals surface area contributed by atoms with E-state index in [-0.39, 0.29) is 11.9 Å². The van der Waals surface area contributed by atoms with Crippen molar-refractivity contribution in [1.29, 1.82) is 0 Å². The van der Waals surface area contributed by atoms with Gasteiger partial charge < -0.3 is 15.8 Å². The lowest BCUT2D eigenvalue weighted by atomic mass is 10.2. The molecule has 0 fully saturated rings. The van der Waals surface area contributed by atoms with Gasteiger partial charge in [0.25, 0.3) is 0 Å². The van der Waals surface area contributed by atoms with Gasteiger partial charge in [0.15, 0.2) is 5.82 Å². The van der Waals surface area contributed by atoms with Gasteiger partial charge in [0.2, 0.25) is 5.91 Å². The Kier molecular flexibility index (Phi) is 5.48. The Morgan fingerprint density at radius 1 is 1.59 bits per heavy atom. The monoisotopic (exact) mass is 258 g/mol. The summed E-state index contributed by atoms with van der Waals surface area (Å²) >= 11 is 5.90. The summed E-state index contributed by atoms with van der Waals surface area (Å²) in [4.78, 5) is 18.4. The van der Waals surface area contributed by atoms with Crippen LogP contribution in [0, 0.1) is 0 Å². The van der Waals surface area contributed by atoms with Gasteiger partial charge >= 0.3 is 6.01 Å². The zero-order valence-corrected chi connectivity index (χ0v) is 10.3. The number of carbonyl (C=O) groups excluding carboxylic acids is 1. The summed E-state index contributed by atoms with van der Waals surface area (Å²) < 4.78 is 4.89. The van der Waals surface area contributed by atoms with Gasteiger partial charge in [-0.1, -0.05) is 11.6 Å². The number of hydrogen-bond donors (Lipinski definition) is 2. The molecule has 1 aromatic rings. The van der Waals surface area contributed by atoms with Crippen LogP contribution in [0.4, 0.5) is 5.82 Å². The third-order valence-corrected chi connectivity index (χ3v) is 2.32. The Labute approximate surface area is 105 Å². The number of rotatable bonds is 7. The van der Waals surface area contributed by atoms with E-state index in [0.717, 1.165) is 12.8 Å². The van der Waals surface area contributed by atoms with Gasteiger partial charge in [-0.25, -0.2) is 4.98 Å². The predicted molar refractivity (Wildman–Crippen MR) is 65.1 cm³/mol. The zero-order valence-electron chi connectivity index (χ0n) is 9.57. The molecule has 1 rings (SSSR count). The smallest absolute Gasteiger partial charge is 0.318 e. The van der Waals surface area contributed by atoms with Crippen LogP contribution in [0.15, 0.2) is 6.20 Å². The molecule has 94 valence electrons. The zero-order chi connectivity index (χ0) is 12.7. The molecule has 0 saturated heterocycles. The van der Waals surface area contributed by atoms with Gasteiger partial charge in [-0.05, 0) is 12.8 Å². The fourth-order valence-corrected chi connectivity index (χ4v) is 1.36. The SMILES string of the molecule is COc1ncc(Cl)c(NCCCCC(N)=O)n1. The number of methoxy groups -OCH3 is 1. The Balaban J connectivity index is 2.38. The van der Waals surface area contributed by atoms with E-state index in [0.29, 0.717) is 23.8 Å². The minimum absolute atomic E-state index is 0.258. The third-order valence-electron chi connectivity index (χ3n) is 2.05. The molecule has 0 atom stereocenters. The summed E-state index contributed by atoms with van der Waals surface area (Å²) in [7, 11) is 1.49. The fraction of sp³-hybridized carbons (Fsp3) is 0.500. The molecule has 1 aromatic heterocycles. The molecule has 3 N–H and O–H groups in total. The molecule has 0 aliphatic carbocycles. The summed E-state index contributed by atoms with van der Waals surface area (Å²) in [5.41, 5.74) is 5.03. The van der Waals surface area contributed by atoms with Gasteiger partial charge in [-0.15, -0.1) is 0 Å². The summed E-state index contributed by atoms with van der Waals surface area (Å²) in [5.74, 6) is 0.240. The summed E-state index contributed by atoms with van der Waals surface area (Å²) in [6.07, 6.45) is 3.41. The number of aromatic nitrogens is 2. The number of nitrogens with zero attached hydrogens (tertiary/aromatic N) is 2. The van der Waals surface area contributed by atoms with Crippen LogP contribution in [0.1, 0.15) is 19.3 Å². The van der Waals surface area contributed by atoms with Crippen LogP contribution >= 0.6 is 11.6 Å². The lowest BCUT2D eigenvalue weighted by Crippen LogP contribution is -2.11. The van der Waals surface area contributed by atoms with Crippen LogP contribution in [-0.2, 0) is 4.79 Å². The average Bonchev–Trinajstić information content (AvgIpc) is 2.30. The first kappa shape index (κ1) is 13.5. The highest BCUT2D eigenvalue weighted by Gasteiger charge is 2.04. The summed E-state index contributed by atoms with van der Waals surface area (Å²) in [6.45, 7) is 0.660. The largest absolute Gasteiger partial charge is 0.467 e. The Morgan fingerprint density at radius 3 is 3.00 bits per heavy atom. The highest BCUT2D eigenvalue weighted by molar-refractivity contribution is 6.32. The molecule has 0 aliphatic heterocycles. The van der Waals surface area contributed by atoms with Crippen molar-refractivity contribution in [2.45, 2.75) is 19.3 Å². The van der Waals surface area contributed by atoms with Crippen LogP contribution in [-0.4, -0.2) is 29.5 Å². The van der Waals surface area contributed by atoms with Crippen LogP contribution < -0.4 is 15.8 Å². The first-order valence-electron chi connectivity index (χ1n) is 5.22. The van der Waals surface area contributed by atoms with Crippen molar-refractivity contribution >= 4 is 23.3 Å². The van der Waals surface area contributed by atoms with E-state index in [9.17, 15) is 4.79 Å². The van der Waals surface area contributed by atoms with Gasteiger partial charge in [-0.2, -0.15) is 4.98 Å². The number of nitrogens with two attached hydrogens (primary N) is 1. The minimum Gasteiger partial charge on any atom is -0.467 e. The molecule has 7 heteroatoms. The van der Waals surface area contributed by atoms with Crippen molar-refractivity contribution in [2.75, 3.05) is 19.0 Å². The second-order valence-corrected chi connectivity index (χ2v) is 3.81. The fourth-order valence-electron chi connectivity index (χ4n) is 1.20. The van der Waals surface area contributed by atoms with Crippen LogP contribution in [0.25, 0.3) is 0 Å². The minimum atomic E-state index is -0.285. The van der Waals surface area contributed by atoms with E-state index >= 15 is 0 Å². The first-order valence-corrected chi connectivity index (χ1v) is 5.60. The third kappa shape index (κ3) is 4.86. The van der Waals surface area contributed by atoms with E-state index in [1.807, 2.05) is 0 Å². The van der Waals surface area contributed by atoms with E-state index in [1.165, 1.54) is 13.3 Å². The van der Waals surface area contributed by atoms with Gasteiger partial charge in [0.05, 0.1) is 13.3 Å². The molecule has 0 radical (unpaired) electrons. The number of amides is 1. The molecule has 1 amide bonds. The molecule has 6 nitrogen and oxygen atoms in total. The van der Waals surface area contributed by atoms with E-state index in [2.05, 4.69) is 15.3 Å². The second kappa shape index (κ2) is 6.90. The number of carbonyl (C=O) groups is 1. The summed E-state index contributed by atoms with van der Waals surface area (Å²) in [5, 5.41) is 3.48. The molecular weight excluding hydrogens is 244 g/mol. The normalized spacial score (nSPS) is 10.0. The van der Waals surface area contributed by atoms with Crippen molar-refractivity contribution < 1.29 is 9.53 Å². The lowest BCUT2D eigenvalue weighted by Gasteiger charge is -2.07. The van der Waals surface area contributed by atoms with E-state index < -0.39 is 0 Å². The molecule has 17 heavy (non-hydrogen) atoms. The highest BCUT2D eigenvalue weighted by Crippen LogP contribution is 2.19. The van der Waals surface area contributed by atoms with Crippen molar-refractivity contribution in [1.82, 2.24) is 9.97 Å². The lowest BCUT2D eigenvalue weighted by molar-refractivity contribution is -0.118. The number of primary amides is 1. The molecule has 0 aromatic carbocycles. The standard InChI is InChI=1S/C10H15ClN4O2/c1-17-10-14-6-7(11)9(15-10)13-5-3-2-4-8(12)16/h6H,2-5H2,1H3,(H2,12,16)(H,13,14,15). The van der Waals surface area contributed by atoms with E-state index in [1.54, 1.807) is 0 Å². The van der Waals surface area contributed by atoms with Crippen LogP contribution in [0.3, 0.4) is 0 Å². The van der Waals surface area contributed by atoms with Gasteiger partial charge in [0.1, 0.15) is 5.02 Å². The average molecular weight is 259 g/mol. The quantitative estimate of drug-likeness (QED) is 0.718. The maximum atomic E-state index is 10.5. The molecule has 0 aliphatic rings. The summed E-state index contributed by atoms with van der Waals surface area (Å²) in [6, 6.07) is 0.258. The predicted octanol–water partition coefficient (Wildman–Crippen LogP) is 1.21. The number of hydrogen-bond acceptors (Lipinski definition) is 5. The van der Waals surface area contributed by atoms with Crippen molar-refractivity contribution in [2.24, 2.45) is 5.73 Å². The first-order chi connectivity index (χ1) is 8.13. The Hall–Kier alpha value is -1.56. The number of nitrogens with one attached hydrogen (secondary N) is 1. The number of anilines is 1. The Morgan fingerprint density at radius 2 is 2.35 bits per heavy atom. The molecule has 0 spiro atoms. The van der Waals surface area contributed by atoms with Crippen LogP contribution in [0.5, 0.6) is 6.01 Å². The maximum Gasteiger partial charge on any atom is 0.318 e. The second-order valence-electron chi connectivity index (χ2n) is 3.40. The van der Waals surface area contributed by atoms with Crippen molar-refractivity contribution in [3.8, 4) is 6.01 Å². The number of halogens is 1. The molecule has 0 bridgehead atoms. The topological polar surface area (TPSA) is 90.1 Å². The van der Waals surface area contributed by atoms with Crippen LogP contribution in [0.2, 0.25) is 5.02 Å². The van der Waals surface area contributed by atoms with Gasteiger partial charge in [-0.3, -0.25) is 4.79 Å². The van der Waals surface area contributed by atoms with E-state index in [4.69, 9.17) is 22.1 Å². The molecular formula is C10H15ClN4O2. The number of unbranched alkanes of at least 4 members (excludes halogenated alkanes) is 1. The molecule has 1 heterocycles.